The van der Waals surface area contributed by atoms with Crippen LogP contribution in [0.3, 0.4) is 0 Å². The summed E-state index contributed by atoms with van der Waals surface area (Å²) in [5.41, 5.74) is 8.01. The van der Waals surface area contributed by atoms with E-state index in [0.717, 1.165) is 31.3 Å². The van der Waals surface area contributed by atoms with Gasteiger partial charge in [0.1, 0.15) is 0 Å². The molecule has 1 aromatic carbocycles. The van der Waals surface area contributed by atoms with Crippen molar-refractivity contribution in [3.05, 3.63) is 28.8 Å². The first kappa shape index (κ1) is 10.6. The van der Waals surface area contributed by atoms with E-state index in [4.69, 9.17) is 5.73 Å². The summed E-state index contributed by atoms with van der Waals surface area (Å²) >= 11 is 1.80. The lowest BCUT2D eigenvalue weighted by Crippen LogP contribution is -1.99. The Kier molecular flexibility index (Phi) is 3.34. The lowest BCUT2D eigenvalue weighted by molar-refractivity contribution is 0.833. The molecular weight excluding hydrogens is 204 g/mol. The molecule has 0 saturated carbocycles. The number of thiazole rings is 1. The summed E-state index contributed by atoms with van der Waals surface area (Å²) in [6.45, 7) is 2.91. The standard InChI is InChI=1S/C12H16N2S/c1-2-12-14-10-6-5-9(4-3-7-13)8-11(10)15-12/h5-6,8H,2-4,7,13H2,1H3. The molecule has 0 atom stereocenters. The van der Waals surface area contributed by atoms with Gasteiger partial charge in [0.25, 0.3) is 0 Å². The Morgan fingerprint density at radius 1 is 1.40 bits per heavy atom. The van der Waals surface area contributed by atoms with E-state index < -0.39 is 0 Å². The molecule has 2 rings (SSSR count). The van der Waals surface area contributed by atoms with Crippen LogP contribution in [-0.2, 0) is 12.8 Å². The predicted octanol–water partition coefficient (Wildman–Crippen LogP) is 2.75. The Morgan fingerprint density at radius 3 is 3.00 bits per heavy atom. The number of hydrogen-bond donors (Lipinski definition) is 1. The van der Waals surface area contributed by atoms with E-state index in [2.05, 4.69) is 30.1 Å². The first-order valence-corrected chi connectivity index (χ1v) is 6.23. The van der Waals surface area contributed by atoms with Crippen molar-refractivity contribution in [3.8, 4) is 0 Å². The highest BCUT2D eigenvalue weighted by molar-refractivity contribution is 7.18. The van der Waals surface area contributed by atoms with Crippen LogP contribution in [0.15, 0.2) is 18.2 Å². The van der Waals surface area contributed by atoms with Crippen LogP contribution in [0, 0.1) is 0 Å². The molecule has 15 heavy (non-hydrogen) atoms. The summed E-state index contributed by atoms with van der Waals surface area (Å²) in [7, 11) is 0. The zero-order valence-electron chi connectivity index (χ0n) is 8.99. The monoisotopic (exact) mass is 220 g/mol. The predicted molar refractivity (Wildman–Crippen MR) is 66.4 cm³/mol. The van der Waals surface area contributed by atoms with Gasteiger partial charge in [-0.3, -0.25) is 0 Å². The molecule has 0 spiro atoms. The van der Waals surface area contributed by atoms with Gasteiger partial charge in [0, 0.05) is 0 Å². The number of aromatic nitrogens is 1. The second-order valence-corrected chi connectivity index (χ2v) is 4.77. The van der Waals surface area contributed by atoms with Gasteiger partial charge in [-0.1, -0.05) is 13.0 Å². The number of hydrogen-bond acceptors (Lipinski definition) is 3. The molecule has 2 N–H and O–H groups in total. The van der Waals surface area contributed by atoms with Gasteiger partial charge in [-0.15, -0.1) is 11.3 Å². The molecule has 0 aliphatic carbocycles. The smallest absolute Gasteiger partial charge is 0.0935 e. The number of rotatable bonds is 4. The molecule has 0 bridgehead atoms. The number of nitrogens with zero attached hydrogens (tertiary/aromatic N) is 1. The molecule has 0 aliphatic heterocycles. The highest BCUT2D eigenvalue weighted by atomic mass is 32.1. The van der Waals surface area contributed by atoms with Crippen LogP contribution >= 0.6 is 11.3 Å². The number of nitrogens with two attached hydrogens (primary N) is 1. The zero-order chi connectivity index (χ0) is 10.7. The number of fused-ring (bicyclic) bond motifs is 1. The van der Waals surface area contributed by atoms with Crippen molar-refractivity contribution in [3.63, 3.8) is 0 Å². The normalized spacial score (nSPS) is 11.1. The second kappa shape index (κ2) is 4.73. The van der Waals surface area contributed by atoms with Crippen molar-refractivity contribution in [2.45, 2.75) is 26.2 Å². The first-order chi connectivity index (χ1) is 7.33. The Labute approximate surface area is 94.1 Å². The lowest BCUT2D eigenvalue weighted by Gasteiger charge is -1.98. The topological polar surface area (TPSA) is 38.9 Å². The van der Waals surface area contributed by atoms with E-state index in [1.54, 1.807) is 11.3 Å². The van der Waals surface area contributed by atoms with E-state index in [1.165, 1.54) is 15.3 Å². The Balaban J connectivity index is 2.29. The molecule has 0 aliphatic rings. The van der Waals surface area contributed by atoms with Crippen LogP contribution in [0.5, 0.6) is 0 Å². The summed E-state index contributed by atoms with van der Waals surface area (Å²) in [4.78, 5) is 4.55. The maximum atomic E-state index is 5.50. The fourth-order valence-electron chi connectivity index (χ4n) is 1.63. The van der Waals surface area contributed by atoms with Crippen LogP contribution < -0.4 is 5.73 Å². The van der Waals surface area contributed by atoms with Gasteiger partial charge in [0.2, 0.25) is 0 Å². The third-order valence-corrected chi connectivity index (χ3v) is 3.63. The molecule has 2 nitrogen and oxygen atoms in total. The maximum absolute atomic E-state index is 5.50. The Morgan fingerprint density at radius 2 is 2.27 bits per heavy atom. The van der Waals surface area contributed by atoms with Crippen molar-refractivity contribution >= 4 is 21.6 Å². The molecule has 80 valence electrons. The fraction of sp³-hybridized carbons (Fsp3) is 0.417. The molecule has 1 aromatic heterocycles. The summed E-state index contributed by atoms with van der Waals surface area (Å²) < 4.78 is 1.31. The van der Waals surface area contributed by atoms with Gasteiger partial charge in [-0.25, -0.2) is 4.98 Å². The molecule has 0 saturated heterocycles. The Hall–Kier alpha value is -0.930. The third kappa shape index (κ3) is 2.36. The van der Waals surface area contributed by atoms with Crippen molar-refractivity contribution < 1.29 is 0 Å². The van der Waals surface area contributed by atoms with E-state index in [9.17, 15) is 0 Å². The van der Waals surface area contributed by atoms with Crippen molar-refractivity contribution in [2.24, 2.45) is 5.73 Å². The maximum Gasteiger partial charge on any atom is 0.0935 e. The molecule has 0 amide bonds. The van der Waals surface area contributed by atoms with E-state index in [-0.39, 0.29) is 0 Å². The SMILES string of the molecule is CCc1nc2ccc(CCCN)cc2s1. The quantitative estimate of drug-likeness (QED) is 0.860. The lowest BCUT2D eigenvalue weighted by atomic mass is 10.1. The van der Waals surface area contributed by atoms with E-state index >= 15 is 0 Å². The highest BCUT2D eigenvalue weighted by Gasteiger charge is 2.02. The number of benzene rings is 1. The van der Waals surface area contributed by atoms with Gasteiger partial charge < -0.3 is 5.73 Å². The molecule has 1 heterocycles. The average molecular weight is 220 g/mol. The molecule has 3 heteroatoms. The molecule has 0 unspecified atom stereocenters. The average Bonchev–Trinajstić information content (AvgIpc) is 2.68. The summed E-state index contributed by atoms with van der Waals surface area (Å²) in [5.74, 6) is 0. The minimum Gasteiger partial charge on any atom is -0.330 e. The van der Waals surface area contributed by atoms with Crippen LogP contribution in [0.1, 0.15) is 23.9 Å². The summed E-state index contributed by atoms with van der Waals surface area (Å²) in [6.07, 6.45) is 3.16. The van der Waals surface area contributed by atoms with Gasteiger partial charge >= 0.3 is 0 Å². The Bertz CT molecular complexity index is 448. The van der Waals surface area contributed by atoms with Gasteiger partial charge in [0.05, 0.1) is 15.2 Å². The van der Waals surface area contributed by atoms with E-state index in [1.807, 2.05) is 0 Å². The second-order valence-electron chi connectivity index (χ2n) is 3.66. The van der Waals surface area contributed by atoms with Crippen molar-refractivity contribution in [1.29, 1.82) is 0 Å². The fourth-order valence-corrected chi connectivity index (χ4v) is 2.60. The molecular formula is C12H16N2S. The number of aryl methyl sites for hydroxylation is 2. The van der Waals surface area contributed by atoms with Crippen LogP contribution in [0.4, 0.5) is 0 Å². The summed E-state index contributed by atoms with van der Waals surface area (Å²) in [5, 5.41) is 1.22. The van der Waals surface area contributed by atoms with Gasteiger partial charge in [-0.2, -0.15) is 0 Å². The van der Waals surface area contributed by atoms with Gasteiger partial charge in [0.15, 0.2) is 0 Å². The van der Waals surface area contributed by atoms with Crippen LogP contribution in [-0.4, -0.2) is 11.5 Å². The first-order valence-electron chi connectivity index (χ1n) is 5.42. The molecule has 0 radical (unpaired) electrons. The van der Waals surface area contributed by atoms with Crippen molar-refractivity contribution in [1.82, 2.24) is 4.98 Å². The van der Waals surface area contributed by atoms with E-state index in [0.29, 0.717) is 0 Å². The molecule has 2 aromatic rings. The highest BCUT2D eigenvalue weighted by Crippen LogP contribution is 2.23. The van der Waals surface area contributed by atoms with Crippen LogP contribution in [0.2, 0.25) is 0 Å². The zero-order valence-corrected chi connectivity index (χ0v) is 9.81. The van der Waals surface area contributed by atoms with Crippen molar-refractivity contribution in [2.75, 3.05) is 6.54 Å². The minimum absolute atomic E-state index is 0.765. The third-order valence-electron chi connectivity index (χ3n) is 2.47. The summed E-state index contributed by atoms with van der Waals surface area (Å²) in [6, 6.07) is 6.54. The van der Waals surface area contributed by atoms with Gasteiger partial charge in [-0.05, 0) is 43.5 Å². The molecule has 0 fully saturated rings. The van der Waals surface area contributed by atoms with Crippen LogP contribution in [0.25, 0.3) is 10.2 Å². The largest absolute Gasteiger partial charge is 0.330 e. The minimum atomic E-state index is 0.765.